The summed E-state index contributed by atoms with van der Waals surface area (Å²) < 4.78 is 11.7. The fraction of sp³-hybridized carbons (Fsp3) is 0.500. The molecule has 3 nitrogen and oxygen atoms in total. The van der Waals surface area contributed by atoms with Gasteiger partial charge in [0.25, 0.3) is 0 Å². The van der Waals surface area contributed by atoms with Gasteiger partial charge in [0, 0.05) is 6.54 Å². The van der Waals surface area contributed by atoms with E-state index in [0.29, 0.717) is 5.92 Å². The fourth-order valence-corrected chi connectivity index (χ4v) is 2.79. The third-order valence-corrected chi connectivity index (χ3v) is 4.38. The van der Waals surface area contributed by atoms with Gasteiger partial charge in [-0.3, -0.25) is 0 Å². The molecule has 0 aliphatic heterocycles. The Morgan fingerprint density at radius 2 is 1.59 bits per heavy atom. The lowest BCUT2D eigenvalue weighted by atomic mass is 10.2. The number of unbranched alkanes of at least 4 members (excludes halogenated alkanes) is 4. The van der Waals surface area contributed by atoms with Crippen LogP contribution in [0.1, 0.15) is 58.4 Å². The summed E-state index contributed by atoms with van der Waals surface area (Å²) in [6, 6.07) is 16.5. The third kappa shape index (κ3) is 8.38. The summed E-state index contributed by atoms with van der Waals surface area (Å²) in [7, 11) is 0. The van der Waals surface area contributed by atoms with Gasteiger partial charge in [-0.25, -0.2) is 0 Å². The first-order valence-electron chi connectivity index (χ1n) is 10.4. The minimum atomic E-state index is 0.511. The molecule has 2 aromatic carbocycles. The molecule has 3 heteroatoms. The SMILES string of the molecule is CCCCCCCOc1ccc(CNc2ccccc2OCC(C)C)cc1. The average Bonchev–Trinajstić information content (AvgIpc) is 2.69. The summed E-state index contributed by atoms with van der Waals surface area (Å²) in [6.07, 6.45) is 6.31. The predicted octanol–water partition coefficient (Wildman–Crippen LogP) is 6.68. The van der Waals surface area contributed by atoms with Gasteiger partial charge in [-0.15, -0.1) is 0 Å². The van der Waals surface area contributed by atoms with Crippen molar-refractivity contribution in [1.82, 2.24) is 0 Å². The topological polar surface area (TPSA) is 30.5 Å². The molecule has 2 aromatic rings. The first-order valence-corrected chi connectivity index (χ1v) is 10.4. The molecule has 148 valence electrons. The van der Waals surface area contributed by atoms with Crippen LogP contribution in [0, 0.1) is 5.92 Å². The minimum Gasteiger partial charge on any atom is -0.494 e. The summed E-state index contributed by atoms with van der Waals surface area (Å²) in [5.41, 5.74) is 2.26. The molecule has 0 spiro atoms. The second-order valence-corrected chi connectivity index (χ2v) is 7.46. The van der Waals surface area contributed by atoms with Crippen molar-refractivity contribution in [1.29, 1.82) is 0 Å². The Bertz CT molecular complexity index is 637. The van der Waals surface area contributed by atoms with E-state index in [9.17, 15) is 0 Å². The average molecular weight is 370 g/mol. The van der Waals surface area contributed by atoms with Crippen LogP contribution in [0.5, 0.6) is 11.5 Å². The molecule has 0 aromatic heterocycles. The molecule has 0 saturated heterocycles. The summed E-state index contributed by atoms with van der Waals surface area (Å²) in [6.45, 7) is 8.85. The highest BCUT2D eigenvalue weighted by molar-refractivity contribution is 5.56. The lowest BCUT2D eigenvalue weighted by Crippen LogP contribution is -2.07. The molecule has 0 heterocycles. The fourth-order valence-electron chi connectivity index (χ4n) is 2.79. The van der Waals surface area contributed by atoms with E-state index in [1.165, 1.54) is 31.2 Å². The first-order chi connectivity index (χ1) is 13.2. The van der Waals surface area contributed by atoms with Gasteiger partial charge < -0.3 is 14.8 Å². The summed E-state index contributed by atoms with van der Waals surface area (Å²) in [5, 5.41) is 3.48. The van der Waals surface area contributed by atoms with E-state index in [1.807, 2.05) is 18.2 Å². The number of hydrogen-bond donors (Lipinski definition) is 1. The van der Waals surface area contributed by atoms with Gasteiger partial charge in [0.15, 0.2) is 0 Å². The van der Waals surface area contributed by atoms with Gasteiger partial charge in [0.1, 0.15) is 11.5 Å². The van der Waals surface area contributed by atoms with Gasteiger partial charge in [-0.05, 0) is 42.2 Å². The predicted molar refractivity (Wildman–Crippen MR) is 115 cm³/mol. The van der Waals surface area contributed by atoms with Crippen LogP contribution in [0.25, 0.3) is 0 Å². The molecule has 0 bridgehead atoms. The van der Waals surface area contributed by atoms with Crippen molar-refractivity contribution in [3.8, 4) is 11.5 Å². The summed E-state index contributed by atoms with van der Waals surface area (Å²) >= 11 is 0. The van der Waals surface area contributed by atoms with Crippen LogP contribution in [-0.4, -0.2) is 13.2 Å². The number of nitrogens with one attached hydrogen (secondary N) is 1. The maximum Gasteiger partial charge on any atom is 0.142 e. The molecular formula is C24H35NO2. The molecule has 0 aliphatic rings. The molecule has 0 unspecified atom stereocenters. The Balaban J connectivity index is 1.77. The monoisotopic (exact) mass is 369 g/mol. The normalized spacial score (nSPS) is 10.8. The molecule has 0 aliphatic carbocycles. The van der Waals surface area contributed by atoms with Crippen LogP contribution in [-0.2, 0) is 6.54 Å². The van der Waals surface area contributed by atoms with Gasteiger partial charge in [0.2, 0.25) is 0 Å². The van der Waals surface area contributed by atoms with Crippen molar-refractivity contribution in [3.05, 3.63) is 54.1 Å². The number of ether oxygens (including phenoxy) is 2. The van der Waals surface area contributed by atoms with Crippen LogP contribution in [0.15, 0.2) is 48.5 Å². The lowest BCUT2D eigenvalue weighted by molar-refractivity contribution is 0.272. The quantitative estimate of drug-likeness (QED) is 0.399. The van der Waals surface area contributed by atoms with Crippen molar-refractivity contribution in [2.75, 3.05) is 18.5 Å². The Labute approximate surface area is 165 Å². The minimum absolute atomic E-state index is 0.511. The molecule has 2 rings (SSSR count). The van der Waals surface area contributed by atoms with Crippen LogP contribution >= 0.6 is 0 Å². The molecule has 0 saturated carbocycles. The second kappa shape index (κ2) is 12.3. The second-order valence-electron chi connectivity index (χ2n) is 7.46. The smallest absolute Gasteiger partial charge is 0.142 e. The first kappa shape index (κ1) is 21.1. The van der Waals surface area contributed by atoms with Crippen molar-refractivity contribution in [2.45, 2.75) is 59.4 Å². The highest BCUT2D eigenvalue weighted by atomic mass is 16.5. The number of anilines is 1. The third-order valence-electron chi connectivity index (χ3n) is 4.38. The van der Waals surface area contributed by atoms with Crippen molar-refractivity contribution in [2.24, 2.45) is 5.92 Å². The van der Waals surface area contributed by atoms with Crippen LogP contribution in [0.2, 0.25) is 0 Å². The summed E-state index contributed by atoms with van der Waals surface area (Å²) in [4.78, 5) is 0. The Kier molecular flexibility index (Phi) is 9.61. The van der Waals surface area contributed by atoms with Gasteiger partial charge >= 0.3 is 0 Å². The molecular weight excluding hydrogens is 334 g/mol. The maximum absolute atomic E-state index is 5.90. The van der Waals surface area contributed by atoms with Gasteiger partial charge in [0.05, 0.1) is 18.9 Å². The summed E-state index contributed by atoms with van der Waals surface area (Å²) in [5.74, 6) is 2.38. The van der Waals surface area contributed by atoms with Gasteiger partial charge in [-0.2, -0.15) is 0 Å². The number of benzene rings is 2. The standard InChI is InChI=1S/C24H35NO2/c1-4-5-6-7-10-17-26-22-15-13-21(14-16-22)18-25-23-11-8-9-12-24(23)27-19-20(2)3/h8-9,11-16,20,25H,4-7,10,17-19H2,1-3H3. The Hall–Kier alpha value is -2.16. The molecule has 0 fully saturated rings. The van der Waals surface area contributed by atoms with E-state index >= 15 is 0 Å². The highest BCUT2D eigenvalue weighted by Gasteiger charge is 2.04. The van der Waals surface area contributed by atoms with Crippen LogP contribution < -0.4 is 14.8 Å². The number of para-hydroxylation sites is 2. The number of hydrogen-bond acceptors (Lipinski definition) is 3. The Morgan fingerprint density at radius 3 is 2.33 bits per heavy atom. The van der Waals surface area contributed by atoms with Crippen LogP contribution in [0.3, 0.4) is 0 Å². The molecule has 0 atom stereocenters. The molecule has 0 amide bonds. The van der Waals surface area contributed by atoms with E-state index in [1.54, 1.807) is 0 Å². The van der Waals surface area contributed by atoms with Crippen molar-refractivity contribution >= 4 is 5.69 Å². The zero-order chi connectivity index (χ0) is 19.3. The van der Waals surface area contributed by atoms with Crippen molar-refractivity contribution in [3.63, 3.8) is 0 Å². The van der Waals surface area contributed by atoms with E-state index in [-0.39, 0.29) is 0 Å². The van der Waals surface area contributed by atoms with E-state index in [2.05, 4.69) is 56.4 Å². The molecule has 0 radical (unpaired) electrons. The van der Waals surface area contributed by atoms with Crippen LogP contribution in [0.4, 0.5) is 5.69 Å². The lowest BCUT2D eigenvalue weighted by Gasteiger charge is -2.14. The van der Waals surface area contributed by atoms with E-state index < -0.39 is 0 Å². The zero-order valence-electron chi connectivity index (χ0n) is 17.2. The zero-order valence-corrected chi connectivity index (χ0v) is 17.2. The Morgan fingerprint density at radius 1 is 0.852 bits per heavy atom. The van der Waals surface area contributed by atoms with Gasteiger partial charge in [-0.1, -0.05) is 70.7 Å². The maximum atomic E-state index is 5.90. The van der Waals surface area contributed by atoms with E-state index in [0.717, 1.165) is 43.4 Å². The molecule has 1 N–H and O–H groups in total. The number of rotatable bonds is 13. The van der Waals surface area contributed by atoms with E-state index in [4.69, 9.17) is 9.47 Å². The van der Waals surface area contributed by atoms with Crippen molar-refractivity contribution < 1.29 is 9.47 Å². The molecule has 27 heavy (non-hydrogen) atoms. The highest BCUT2D eigenvalue weighted by Crippen LogP contribution is 2.25. The largest absolute Gasteiger partial charge is 0.494 e.